The molecule has 3 heteroatoms. The molecule has 0 amide bonds. The Morgan fingerprint density at radius 2 is 1.56 bits per heavy atom. The predicted molar refractivity (Wildman–Crippen MR) is 70.2 cm³/mol. The van der Waals surface area contributed by atoms with E-state index in [1.54, 1.807) is 19.2 Å². The second-order valence-corrected chi connectivity index (χ2v) is 4.21. The minimum absolute atomic E-state index is 0.0932. The summed E-state index contributed by atoms with van der Waals surface area (Å²) in [7, 11) is 1.65. The molecule has 0 spiro atoms. The van der Waals surface area contributed by atoms with Crippen molar-refractivity contribution < 1.29 is 14.9 Å². The molecule has 0 saturated heterocycles. The molecule has 2 rings (SSSR count). The number of benzene rings is 2. The fraction of sp³-hybridized carbons (Fsp3) is 0.200. The van der Waals surface area contributed by atoms with Gasteiger partial charge in [-0.1, -0.05) is 12.1 Å². The minimum Gasteiger partial charge on any atom is -0.508 e. The second kappa shape index (κ2) is 5.45. The highest BCUT2D eigenvalue weighted by Crippen LogP contribution is 2.22. The topological polar surface area (TPSA) is 49.7 Å². The van der Waals surface area contributed by atoms with Crippen LogP contribution in [0.25, 0.3) is 0 Å². The van der Waals surface area contributed by atoms with Crippen LogP contribution >= 0.6 is 0 Å². The van der Waals surface area contributed by atoms with Crippen LogP contribution in [-0.4, -0.2) is 17.3 Å². The average molecular weight is 244 g/mol. The lowest BCUT2D eigenvalue weighted by Gasteiger charge is -2.06. The molecule has 2 aromatic carbocycles. The second-order valence-electron chi connectivity index (χ2n) is 4.21. The van der Waals surface area contributed by atoms with Gasteiger partial charge in [-0.15, -0.1) is 0 Å². The van der Waals surface area contributed by atoms with Crippen molar-refractivity contribution in [1.29, 1.82) is 0 Å². The number of aryl methyl sites for hydroxylation is 2. The van der Waals surface area contributed by atoms with Gasteiger partial charge in [-0.3, -0.25) is 0 Å². The number of rotatable bonds is 4. The van der Waals surface area contributed by atoms with Gasteiger partial charge < -0.3 is 14.9 Å². The smallest absolute Gasteiger partial charge is 0.119 e. The lowest BCUT2D eigenvalue weighted by atomic mass is 10.0. The van der Waals surface area contributed by atoms with Gasteiger partial charge in [-0.2, -0.15) is 0 Å². The third-order valence-corrected chi connectivity index (χ3v) is 2.80. The summed E-state index contributed by atoms with van der Waals surface area (Å²) in [5, 5.41) is 18.8. The predicted octanol–water partition coefficient (Wildman–Crippen LogP) is 2.89. The molecule has 0 aliphatic rings. The van der Waals surface area contributed by atoms with E-state index in [0.717, 1.165) is 29.7 Å². The van der Waals surface area contributed by atoms with Gasteiger partial charge in [-0.05, 0) is 48.2 Å². The fourth-order valence-electron chi connectivity index (χ4n) is 1.92. The van der Waals surface area contributed by atoms with Crippen LogP contribution in [0.5, 0.6) is 17.2 Å². The van der Waals surface area contributed by atoms with Gasteiger partial charge in [0.05, 0.1) is 7.11 Å². The lowest BCUT2D eigenvalue weighted by Crippen LogP contribution is -1.92. The van der Waals surface area contributed by atoms with Crippen molar-refractivity contribution in [2.24, 2.45) is 0 Å². The van der Waals surface area contributed by atoms with E-state index in [0.29, 0.717) is 0 Å². The van der Waals surface area contributed by atoms with Crippen LogP contribution in [0.3, 0.4) is 0 Å². The zero-order valence-electron chi connectivity index (χ0n) is 10.3. The van der Waals surface area contributed by atoms with Gasteiger partial charge in [0.1, 0.15) is 17.2 Å². The third-order valence-electron chi connectivity index (χ3n) is 2.80. The first-order valence-corrected chi connectivity index (χ1v) is 5.82. The van der Waals surface area contributed by atoms with Gasteiger partial charge in [0.25, 0.3) is 0 Å². The van der Waals surface area contributed by atoms with E-state index in [1.165, 1.54) is 6.07 Å². The first kappa shape index (κ1) is 12.3. The summed E-state index contributed by atoms with van der Waals surface area (Å²) in [4.78, 5) is 0. The maximum absolute atomic E-state index is 9.39. The molecule has 0 radical (unpaired) electrons. The zero-order valence-corrected chi connectivity index (χ0v) is 10.3. The molecule has 0 saturated carbocycles. The summed E-state index contributed by atoms with van der Waals surface area (Å²) in [5.41, 5.74) is 2.08. The first-order valence-electron chi connectivity index (χ1n) is 5.82. The summed E-state index contributed by atoms with van der Waals surface area (Å²) < 4.78 is 5.17. The van der Waals surface area contributed by atoms with Crippen LogP contribution in [-0.2, 0) is 12.8 Å². The molecule has 0 aromatic heterocycles. The van der Waals surface area contributed by atoms with E-state index >= 15 is 0 Å². The number of methoxy groups -OCH3 is 1. The van der Waals surface area contributed by atoms with Crippen molar-refractivity contribution in [3.05, 3.63) is 53.6 Å². The fourth-order valence-corrected chi connectivity index (χ4v) is 1.92. The summed E-state index contributed by atoms with van der Waals surface area (Å²) in [6.45, 7) is 0. The van der Waals surface area contributed by atoms with Gasteiger partial charge in [0.2, 0.25) is 0 Å². The SMILES string of the molecule is COc1cccc(CCc2cc(O)cc(O)c2)c1. The molecule has 2 aromatic rings. The number of hydrogen-bond donors (Lipinski definition) is 2. The Kier molecular flexibility index (Phi) is 3.72. The van der Waals surface area contributed by atoms with Gasteiger partial charge in [-0.25, -0.2) is 0 Å². The summed E-state index contributed by atoms with van der Waals surface area (Å²) in [6.07, 6.45) is 1.59. The molecule has 0 bridgehead atoms. The van der Waals surface area contributed by atoms with Crippen LogP contribution in [0, 0.1) is 0 Å². The van der Waals surface area contributed by atoms with Crippen molar-refractivity contribution in [1.82, 2.24) is 0 Å². The Balaban J connectivity index is 2.06. The standard InChI is InChI=1S/C15H16O3/c1-18-15-4-2-3-11(9-15)5-6-12-7-13(16)10-14(17)8-12/h2-4,7-10,16-17H,5-6H2,1H3. The summed E-state index contributed by atoms with van der Waals surface area (Å²) >= 11 is 0. The molecule has 0 unspecified atom stereocenters. The molecule has 18 heavy (non-hydrogen) atoms. The van der Waals surface area contributed by atoms with Crippen LogP contribution in [0.15, 0.2) is 42.5 Å². The van der Waals surface area contributed by atoms with E-state index in [9.17, 15) is 10.2 Å². The van der Waals surface area contributed by atoms with Crippen LogP contribution in [0.4, 0.5) is 0 Å². The van der Waals surface area contributed by atoms with Crippen molar-refractivity contribution >= 4 is 0 Å². The number of ether oxygens (including phenoxy) is 1. The Morgan fingerprint density at radius 3 is 2.22 bits per heavy atom. The maximum Gasteiger partial charge on any atom is 0.119 e. The van der Waals surface area contributed by atoms with Gasteiger partial charge in [0.15, 0.2) is 0 Å². The van der Waals surface area contributed by atoms with Gasteiger partial charge >= 0.3 is 0 Å². The Morgan fingerprint density at radius 1 is 0.889 bits per heavy atom. The molecule has 3 nitrogen and oxygen atoms in total. The average Bonchev–Trinajstić information content (AvgIpc) is 2.35. The van der Waals surface area contributed by atoms with Crippen molar-refractivity contribution in [2.45, 2.75) is 12.8 Å². The number of hydrogen-bond acceptors (Lipinski definition) is 3. The molecular weight excluding hydrogens is 228 g/mol. The van der Waals surface area contributed by atoms with Crippen molar-refractivity contribution in [3.8, 4) is 17.2 Å². The Bertz CT molecular complexity index is 515. The normalized spacial score (nSPS) is 10.3. The van der Waals surface area contributed by atoms with Gasteiger partial charge in [0, 0.05) is 6.07 Å². The first-order chi connectivity index (χ1) is 8.67. The van der Waals surface area contributed by atoms with E-state index in [1.807, 2.05) is 24.3 Å². The molecule has 94 valence electrons. The van der Waals surface area contributed by atoms with Crippen molar-refractivity contribution in [2.75, 3.05) is 7.11 Å². The number of aromatic hydroxyl groups is 2. The van der Waals surface area contributed by atoms with Crippen molar-refractivity contribution in [3.63, 3.8) is 0 Å². The Hall–Kier alpha value is -2.16. The quantitative estimate of drug-likeness (QED) is 0.869. The highest BCUT2D eigenvalue weighted by molar-refractivity contribution is 5.37. The van der Waals surface area contributed by atoms with Crippen LogP contribution in [0.1, 0.15) is 11.1 Å². The van der Waals surface area contributed by atoms with E-state index in [2.05, 4.69) is 0 Å². The molecule has 0 aliphatic heterocycles. The summed E-state index contributed by atoms with van der Waals surface area (Å²) in [6, 6.07) is 12.5. The summed E-state index contributed by atoms with van der Waals surface area (Å²) in [5.74, 6) is 1.03. The van der Waals surface area contributed by atoms with E-state index in [-0.39, 0.29) is 11.5 Å². The molecule has 0 atom stereocenters. The highest BCUT2D eigenvalue weighted by atomic mass is 16.5. The zero-order chi connectivity index (χ0) is 13.0. The highest BCUT2D eigenvalue weighted by Gasteiger charge is 2.01. The molecule has 0 aliphatic carbocycles. The molecule has 0 fully saturated rings. The maximum atomic E-state index is 9.39. The Labute approximate surface area is 106 Å². The third kappa shape index (κ3) is 3.17. The molecular formula is C15H16O3. The van der Waals surface area contributed by atoms with Crippen LogP contribution < -0.4 is 4.74 Å². The number of phenolic OH excluding ortho intramolecular Hbond substituents is 2. The van der Waals surface area contributed by atoms with E-state index < -0.39 is 0 Å². The monoisotopic (exact) mass is 244 g/mol. The molecule has 0 heterocycles. The number of phenols is 2. The lowest BCUT2D eigenvalue weighted by molar-refractivity contribution is 0.414. The van der Waals surface area contributed by atoms with Crippen LogP contribution in [0.2, 0.25) is 0 Å². The van der Waals surface area contributed by atoms with E-state index in [4.69, 9.17) is 4.74 Å². The molecule has 2 N–H and O–H groups in total. The minimum atomic E-state index is 0.0932. The largest absolute Gasteiger partial charge is 0.508 e.